The SMILES string of the molecule is C=CCC1/C=C(/C)CC(C)CC(OC)C2OC(O)(C(=O)N3CCCCC3C(=O)OC(/C(C)=C/C3CCC(O)C(OC)C3)C(C)C(O)CC1=O)C(C)CC2OC. The molecule has 4 rings (SSSR count). The zero-order chi connectivity index (χ0) is 40.6. The zero-order valence-electron chi connectivity index (χ0n) is 34.5. The fraction of sp³-hybridized carbons (Fsp3) is 0.791. The molecule has 312 valence electrons. The molecule has 14 unspecified atom stereocenters. The Morgan fingerprint density at radius 1 is 0.945 bits per heavy atom. The van der Waals surface area contributed by atoms with Gasteiger partial charge in [-0.05, 0) is 95.5 Å². The number of carbonyl (C=O) groups is 3. The topological polar surface area (TPSA) is 161 Å². The summed E-state index contributed by atoms with van der Waals surface area (Å²) in [7, 11) is 4.74. The molecule has 3 aliphatic heterocycles. The first kappa shape index (κ1) is 45.3. The van der Waals surface area contributed by atoms with E-state index in [-0.39, 0.29) is 36.7 Å². The summed E-state index contributed by atoms with van der Waals surface area (Å²) >= 11 is 0. The van der Waals surface area contributed by atoms with Crippen LogP contribution in [0.1, 0.15) is 105 Å². The number of amides is 1. The molecular formula is C43H69NO11. The fourth-order valence-electron chi connectivity index (χ4n) is 9.33. The van der Waals surface area contributed by atoms with Crippen LogP contribution in [0.2, 0.25) is 0 Å². The number of piperidine rings is 1. The Bertz CT molecular complexity index is 1380. The molecule has 0 spiro atoms. The van der Waals surface area contributed by atoms with E-state index in [0.29, 0.717) is 69.8 Å². The number of cyclic esters (lactones) is 1. The van der Waals surface area contributed by atoms with Crippen molar-refractivity contribution in [3.05, 3.63) is 36.0 Å². The first-order valence-corrected chi connectivity index (χ1v) is 20.4. The molecule has 3 heterocycles. The number of hydrogen-bond donors (Lipinski definition) is 3. The molecule has 1 aliphatic carbocycles. The number of aliphatic hydroxyl groups excluding tert-OH is 2. The Morgan fingerprint density at radius 2 is 1.62 bits per heavy atom. The zero-order valence-corrected chi connectivity index (χ0v) is 34.5. The van der Waals surface area contributed by atoms with E-state index in [2.05, 4.69) is 13.5 Å². The molecule has 1 amide bonds. The smallest absolute Gasteiger partial charge is 0.329 e. The van der Waals surface area contributed by atoms with E-state index in [1.807, 2.05) is 26.0 Å². The van der Waals surface area contributed by atoms with Crippen molar-refractivity contribution in [2.45, 2.75) is 160 Å². The summed E-state index contributed by atoms with van der Waals surface area (Å²) in [5, 5.41) is 34.3. The van der Waals surface area contributed by atoms with Gasteiger partial charge in [-0.15, -0.1) is 6.58 Å². The van der Waals surface area contributed by atoms with Gasteiger partial charge in [0.25, 0.3) is 11.7 Å². The Balaban J connectivity index is 1.78. The molecule has 0 radical (unpaired) electrons. The van der Waals surface area contributed by atoms with Crippen LogP contribution < -0.4 is 0 Å². The van der Waals surface area contributed by atoms with Crippen molar-refractivity contribution in [2.24, 2.45) is 29.6 Å². The van der Waals surface area contributed by atoms with E-state index < -0.39 is 78.1 Å². The van der Waals surface area contributed by atoms with Gasteiger partial charge in [-0.1, -0.05) is 44.6 Å². The van der Waals surface area contributed by atoms with E-state index in [1.54, 1.807) is 41.3 Å². The monoisotopic (exact) mass is 775 g/mol. The number of rotatable bonds is 7. The Morgan fingerprint density at radius 3 is 2.27 bits per heavy atom. The van der Waals surface area contributed by atoms with Crippen molar-refractivity contribution in [3.8, 4) is 0 Å². The summed E-state index contributed by atoms with van der Waals surface area (Å²) in [4.78, 5) is 44.2. The van der Waals surface area contributed by atoms with E-state index in [4.69, 9.17) is 23.7 Å². The molecule has 3 fully saturated rings. The molecule has 0 aromatic rings. The van der Waals surface area contributed by atoms with Crippen LogP contribution in [0.3, 0.4) is 0 Å². The number of aliphatic hydroxyl groups is 3. The number of carbonyl (C=O) groups excluding carboxylic acids is 3. The highest BCUT2D eigenvalue weighted by Gasteiger charge is 2.56. The minimum Gasteiger partial charge on any atom is -0.456 e. The van der Waals surface area contributed by atoms with Gasteiger partial charge in [0.2, 0.25) is 0 Å². The van der Waals surface area contributed by atoms with Gasteiger partial charge >= 0.3 is 5.97 Å². The van der Waals surface area contributed by atoms with E-state index >= 15 is 0 Å². The van der Waals surface area contributed by atoms with Crippen LogP contribution in [-0.2, 0) is 38.1 Å². The number of ether oxygens (including phenoxy) is 5. The van der Waals surface area contributed by atoms with Crippen molar-refractivity contribution >= 4 is 17.7 Å². The maximum absolute atomic E-state index is 14.6. The highest BCUT2D eigenvalue weighted by atomic mass is 16.7. The fourth-order valence-corrected chi connectivity index (χ4v) is 9.33. The van der Waals surface area contributed by atoms with Gasteiger partial charge in [-0.3, -0.25) is 9.59 Å². The Labute approximate surface area is 328 Å². The van der Waals surface area contributed by atoms with Gasteiger partial charge in [0, 0.05) is 52.0 Å². The number of esters is 1. The summed E-state index contributed by atoms with van der Waals surface area (Å²) in [6.07, 6.45) is 6.20. The van der Waals surface area contributed by atoms with Crippen LogP contribution in [0.4, 0.5) is 0 Å². The Kier molecular flexibility index (Phi) is 16.7. The number of hydrogen-bond acceptors (Lipinski definition) is 11. The van der Waals surface area contributed by atoms with Crippen molar-refractivity contribution in [2.75, 3.05) is 27.9 Å². The number of methoxy groups -OCH3 is 3. The number of nitrogens with zero attached hydrogens (tertiary/aromatic N) is 1. The molecule has 0 aromatic heterocycles. The third kappa shape index (κ3) is 10.9. The predicted octanol–water partition coefficient (Wildman–Crippen LogP) is 5.07. The molecule has 12 heteroatoms. The van der Waals surface area contributed by atoms with Crippen LogP contribution in [-0.4, -0.2) is 120 Å². The molecule has 12 nitrogen and oxygen atoms in total. The van der Waals surface area contributed by atoms with Crippen LogP contribution >= 0.6 is 0 Å². The lowest BCUT2D eigenvalue weighted by Crippen LogP contribution is -2.66. The van der Waals surface area contributed by atoms with Gasteiger partial charge in [0.15, 0.2) is 0 Å². The molecule has 55 heavy (non-hydrogen) atoms. The molecule has 0 aromatic carbocycles. The second-order valence-corrected chi connectivity index (χ2v) is 16.9. The van der Waals surface area contributed by atoms with Gasteiger partial charge in [-0.25, -0.2) is 4.79 Å². The molecule has 3 N–H and O–H groups in total. The lowest BCUT2D eigenvalue weighted by Gasteiger charge is -2.49. The van der Waals surface area contributed by atoms with Gasteiger partial charge in [-0.2, -0.15) is 0 Å². The van der Waals surface area contributed by atoms with Gasteiger partial charge in [0.05, 0.1) is 30.5 Å². The lowest BCUT2D eigenvalue weighted by molar-refractivity contribution is -0.309. The normalized spacial score (nSPS) is 41.8. The first-order chi connectivity index (χ1) is 26.1. The van der Waals surface area contributed by atoms with E-state index in [1.165, 1.54) is 4.90 Å². The second kappa shape index (κ2) is 20.3. The summed E-state index contributed by atoms with van der Waals surface area (Å²) in [6, 6.07) is -1.00. The van der Waals surface area contributed by atoms with Crippen LogP contribution in [0.25, 0.3) is 0 Å². The maximum atomic E-state index is 14.6. The van der Waals surface area contributed by atoms with E-state index in [9.17, 15) is 29.7 Å². The van der Waals surface area contributed by atoms with Crippen molar-refractivity contribution in [1.82, 2.24) is 4.90 Å². The molecule has 1 saturated carbocycles. The number of allylic oxidation sites excluding steroid dienone is 4. The van der Waals surface area contributed by atoms with Crippen molar-refractivity contribution in [1.29, 1.82) is 0 Å². The molecular weight excluding hydrogens is 706 g/mol. The average molecular weight is 776 g/mol. The summed E-state index contributed by atoms with van der Waals surface area (Å²) in [6.45, 7) is 13.6. The maximum Gasteiger partial charge on any atom is 0.329 e. The van der Waals surface area contributed by atoms with Gasteiger partial charge < -0.3 is 43.9 Å². The minimum atomic E-state index is -2.24. The second-order valence-electron chi connectivity index (χ2n) is 16.9. The van der Waals surface area contributed by atoms with Crippen LogP contribution in [0, 0.1) is 29.6 Å². The largest absolute Gasteiger partial charge is 0.456 e. The quantitative estimate of drug-likeness (QED) is 0.234. The van der Waals surface area contributed by atoms with Gasteiger partial charge in [0.1, 0.15) is 24.0 Å². The summed E-state index contributed by atoms with van der Waals surface area (Å²) < 4.78 is 30.1. The molecule has 14 atom stereocenters. The standard InChI is InChI=1S/C43H69NO11/c1-10-13-31-19-25(2)18-26(3)20-37(52-8)40-38(53-9)22-28(5)43(50,55-40)42(49)44-17-12-11-14-32(44)41(48)54-39(29(6)34(46)24-35(31)47)27(4)21-30-15-16-33(45)36(23-30)51-7/h10,19,21,26,28-34,36-40,45-46,50H,1,11-18,20,22-24H2,2-9H3/b25-19-,27-21+. The number of Topliss-reactive ketones (excluding diaryl/α,β-unsaturated/α-hetero) is 1. The molecule has 2 bridgehead atoms. The highest BCUT2D eigenvalue weighted by Crippen LogP contribution is 2.40. The van der Waals surface area contributed by atoms with E-state index in [0.717, 1.165) is 5.57 Å². The minimum absolute atomic E-state index is 0.0262. The van der Waals surface area contributed by atoms with Crippen molar-refractivity contribution < 1.29 is 53.4 Å². The molecule has 2 saturated heterocycles. The summed E-state index contributed by atoms with van der Waals surface area (Å²) in [5.74, 6) is -5.46. The highest BCUT2D eigenvalue weighted by molar-refractivity contribution is 5.89. The Hall–Kier alpha value is -2.45. The third-order valence-corrected chi connectivity index (χ3v) is 12.7. The number of ketones is 1. The predicted molar refractivity (Wildman–Crippen MR) is 208 cm³/mol. The summed E-state index contributed by atoms with van der Waals surface area (Å²) in [5.41, 5.74) is 1.70. The first-order valence-electron chi connectivity index (χ1n) is 20.4. The van der Waals surface area contributed by atoms with Crippen molar-refractivity contribution in [3.63, 3.8) is 0 Å². The number of fused-ring (bicyclic) bond motifs is 3. The lowest BCUT2D eigenvalue weighted by atomic mass is 9.81. The third-order valence-electron chi connectivity index (χ3n) is 12.7. The average Bonchev–Trinajstić information content (AvgIpc) is 3.16. The van der Waals surface area contributed by atoms with Crippen LogP contribution in [0.15, 0.2) is 36.0 Å². The van der Waals surface area contributed by atoms with Crippen LogP contribution in [0.5, 0.6) is 0 Å². The molecule has 4 aliphatic rings.